The number of carbonyl (C=O) groups is 1. The molecule has 0 spiro atoms. The van der Waals surface area contributed by atoms with Gasteiger partial charge in [0, 0.05) is 19.5 Å². The Hall–Kier alpha value is -2.38. The maximum atomic E-state index is 12.4. The minimum Gasteiger partial charge on any atom is -0.508 e. The number of hydrogen-bond donors (Lipinski definition) is 3. The molecule has 3 N–H and O–H groups in total. The van der Waals surface area contributed by atoms with Gasteiger partial charge in [0.15, 0.2) is 0 Å². The summed E-state index contributed by atoms with van der Waals surface area (Å²) in [6.07, 6.45) is 0.651. The van der Waals surface area contributed by atoms with E-state index in [-0.39, 0.29) is 29.5 Å². The smallest absolute Gasteiger partial charge is 0.240 e. The summed E-state index contributed by atoms with van der Waals surface area (Å²) >= 11 is 0. The second kappa shape index (κ2) is 8.82. The SMILES string of the molecule is Cc1ccc(C)c(S(=O)(=O)NCCC(=O)NCCc2cccc(O)c2)c1. The van der Waals surface area contributed by atoms with Gasteiger partial charge in [0.2, 0.25) is 15.9 Å². The van der Waals surface area contributed by atoms with Crippen LogP contribution in [0.5, 0.6) is 5.75 Å². The zero-order chi connectivity index (χ0) is 19.2. The van der Waals surface area contributed by atoms with Gasteiger partial charge in [0.1, 0.15) is 5.75 Å². The van der Waals surface area contributed by atoms with Crippen molar-refractivity contribution in [3.05, 3.63) is 59.2 Å². The van der Waals surface area contributed by atoms with E-state index in [0.717, 1.165) is 11.1 Å². The molecule has 2 rings (SSSR count). The van der Waals surface area contributed by atoms with Crippen LogP contribution in [0.25, 0.3) is 0 Å². The van der Waals surface area contributed by atoms with Gasteiger partial charge in [0.25, 0.3) is 0 Å². The number of sulfonamides is 1. The summed E-state index contributed by atoms with van der Waals surface area (Å²) in [5.74, 6) is -0.0384. The second-order valence-corrected chi connectivity index (χ2v) is 7.92. The molecule has 0 unspecified atom stereocenters. The van der Waals surface area contributed by atoms with Crippen LogP contribution >= 0.6 is 0 Å². The van der Waals surface area contributed by atoms with Gasteiger partial charge in [-0.3, -0.25) is 4.79 Å². The molecule has 7 heteroatoms. The van der Waals surface area contributed by atoms with Crippen molar-refractivity contribution < 1.29 is 18.3 Å². The standard InChI is InChI=1S/C19H24N2O4S/c1-14-6-7-15(2)18(12-14)26(24,25)21-11-9-19(23)20-10-8-16-4-3-5-17(22)13-16/h3-7,12-13,21-22H,8-11H2,1-2H3,(H,20,23). The van der Waals surface area contributed by atoms with Gasteiger partial charge in [-0.15, -0.1) is 0 Å². The first-order valence-corrected chi connectivity index (χ1v) is 9.88. The first-order chi connectivity index (χ1) is 12.3. The molecule has 2 aromatic carbocycles. The number of phenolic OH excluding ortho intramolecular Hbond substituents is 1. The van der Waals surface area contributed by atoms with E-state index in [4.69, 9.17) is 0 Å². The zero-order valence-electron chi connectivity index (χ0n) is 15.0. The summed E-state index contributed by atoms with van der Waals surface area (Å²) in [7, 11) is -3.64. The number of rotatable bonds is 8. The Labute approximate surface area is 154 Å². The molecule has 0 fully saturated rings. The van der Waals surface area contributed by atoms with E-state index in [2.05, 4.69) is 10.0 Å². The minimum atomic E-state index is -3.64. The van der Waals surface area contributed by atoms with Crippen LogP contribution in [0.2, 0.25) is 0 Å². The van der Waals surface area contributed by atoms with Crippen LogP contribution in [0, 0.1) is 13.8 Å². The van der Waals surface area contributed by atoms with E-state index in [1.54, 1.807) is 37.3 Å². The van der Waals surface area contributed by atoms with Gasteiger partial charge in [0.05, 0.1) is 4.90 Å². The summed E-state index contributed by atoms with van der Waals surface area (Å²) in [5.41, 5.74) is 2.44. The molecular weight excluding hydrogens is 352 g/mol. The summed E-state index contributed by atoms with van der Waals surface area (Å²) in [5, 5.41) is 12.1. The Kier molecular flexibility index (Phi) is 6.76. The molecule has 140 valence electrons. The van der Waals surface area contributed by atoms with Crippen LogP contribution in [0.1, 0.15) is 23.1 Å². The van der Waals surface area contributed by atoms with Crippen molar-refractivity contribution >= 4 is 15.9 Å². The van der Waals surface area contributed by atoms with Crippen LogP contribution in [0.3, 0.4) is 0 Å². The molecule has 0 aliphatic rings. The van der Waals surface area contributed by atoms with Gasteiger partial charge < -0.3 is 10.4 Å². The average molecular weight is 376 g/mol. The largest absolute Gasteiger partial charge is 0.508 e. The van der Waals surface area contributed by atoms with Gasteiger partial charge >= 0.3 is 0 Å². The maximum absolute atomic E-state index is 12.4. The highest BCUT2D eigenvalue weighted by molar-refractivity contribution is 7.89. The fourth-order valence-electron chi connectivity index (χ4n) is 2.52. The number of amides is 1. The van der Waals surface area contributed by atoms with Crippen LogP contribution in [-0.4, -0.2) is 32.5 Å². The maximum Gasteiger partial charge on any atom is 0.240 e. The van der Waals surface area contributed by atoms with E-state index in [1.165, 1.54) is 0 Å². The zero-order valence-corrected chi connectivity index (χ0v) is 15.8. The van der Waals surface area contributed by atoms with Gasteiger partial charge in [-0.1, -0.05) is 24.3 Å². The average Bonchev–Trinajstić information content (AvgIpc) is 2.57. The number of nitrogens with one attached hydrogen (secondary N) is 2. The molecule has 0 aromatic heterocycles. The number of hydrogen-bond acceptors (Lipinski definition) is 4. The van der Waals surface area contributed by atoms with Crippen molar-refractivity contribution in [3.8, 4) is 5.75 Å². The second-order valence-electron chi connectivity index (χ2n) is 6.19. The molecule has 0 bridgehead atoms. The molecule has 0 atom stereocenters. The molecule has 0 aliphatic carbocycles. The highest BCUT2D eigenvalue weighted by Crippen LogP contribution is 2.16. The van der Waals surface area contributed by atoms with Crippen molar-refractivity contribution in [3.63, 3.8) is 0 Å². The van der Waals surface area contributed by atoms with Crippen LogP contribution < -0.4 is 10.0 Å². The number of phenols is 1. The first-order valence-electron chi connectivity index (χ1n) is 8.39. The fourth-order valence-corrected chi connectivity index (χ4v) is 3.88. The quantitative estimate of drug-likeness (QED) is 0.657. The van der Waals surface area contributed by atoms with E-state index in [9.17, 15) is 18.3 Å². The van der Waals surface area contributed by atoms with Crippen molar-refractivity contribution in [2.75, 3.05) is 13.1 Å². The number of benzene rings is 2. The number of carbonyl (C=O) groups excluding carboxylic acids is 1. The minimum absolute atomic E-state index is 0.0354. The summed E-state index contributed by atoms with van der Waals surface area (Å²) in [6, 6.07) is 12.1. The fraction of sp³-hybridized carbons (Fsp3) is 0.316. The van der Waals surface area contributed by atoms with E-state index >= 15 is 0 Å². The summed E-state index contributed by atoms with van der Waals surface area (Å²) in [4.78, 5) is 12.1. The van der Waals surface area contributed by atoms with Gasteiger partial charge in [-0.2, -0.15) is 0 Å². The molecule has 0 heterocycles. The Bertz CT molecular complexity index is 879. The lowest BCUT2D eigenvalue weighted by Gasteiger charge is -2.10. The van der Waals surface area contributed by atoms with Crippen LogP contribution in [0.15, 0.2) is 47.4 Å². The van der Waals surface area contributed by atoms with Crippen LogP contribution in [-0.2, 0) is 21.2 Å². The molecule has 0 saturated heterocycles. The molecular formula is C19H24N2O4S. The van der Waals surface area contributed by atoms with Crippen molar-refractivity contribution in [1.29, 1.82) is 0 Å². The highest BCUT2D eigenvalue weighted by Gasteiger charge is 2.16. The first kappa shape index (κ1) is 19.9. The Morgan fingerprint density at radius 3 is 2.58 bits per heavy atom. The molecule has 1 amide bonds. The summed E-state index contributed by atoms with van der Waals surface area (Å²) in [6.45, 7) is 4.03. The Morgan fingerprint density at radius 2 is 1.85 bits per heavy atom. The topological polar surface area (TPSA) is 95.5 Å². The highest BCUT2D eigenvalue weighted by atomic mass is 32.2. The van der Waals surface area contributed by atoms with Crippen molar-refractivity contribution in [2.24, 2.45) is 0 Å². The Balaban J connectivity index is 1.78. The third-order valence-corrected chi connectivity index (χ3v) is 5.53. The third kappa shape index (κ3) is 5.86. The monoisotopic (exact) mass is 376 g/mol. The molecule has 2 aromatic rings. The normalized spacial score (nSPS) is 11.3. The van der Waals surface area contributed by atoms with Crippen molar-refractivity contribution in [1.82, 2.24) is 10.0 Å². The molecule has 0 saturated carbocycles. The predicted octanol–water partition coefficient (Wildman–Crippen LogP) is 2.04. The lowest BCUT2D eigenvalue weighted by Crippen LogP contribution is -2.32. The molecule has 6 nitrogen and oxygen atoms in total. The predicted molar refractivity (Wildman–Crippen MR) is 101 cm³/mol. The van der Waals surface area contributed by atoms with E-state index in [0.29, 0.717) is 18.5 Å². The lowest BCUT2D eigenvalue weighted by molar-refractivity contribution is -0.120. The Morgan fingerprint density at radius 1 is 1.08 bits per heavy atom. The van der Waals surface area contributed by atoms with E-state index in [1.807, 2.05) is 19.1 Å². The number of aryl methyl sites for hydroxylation is 2. The third-order valence-electron chi connectivity index (χ3n) is 3.92. The van der Waals surface area contributed by atoms with E-state index < -0.39 is 10.0 Å². The van der Waals surface area contributed by atoms with Gasteiger partial charge in [-0.05, 0) is 55.2 Å². The number of aromatic hydroxyl groups is 1. The van der Waals surface area contributed by atoms with Crippen molar-refractivity contribution in [2.45, 2.75) is 31.6 Å². The molecule has 26 heavy (non-hydrogen) atoms. The lowest BCUT2D eigenvalue weighted by atomic mass is 10.1. The summed E-state index contributed by atoms with van der Waals surface area (Å²) < 4.78 is 27.2. The van der Waals surface area contributed by atoms with Crippen LogP contribution in [0.4, 0.5) is 0 Å². The molecule has 0 radical (unpaired) electrons. The van der Waals surface area contributed by atoms with Gasteiger partial charge in [-0.25, -0.2) is 13.1 Å². The molecule has 0 aliphatic heterocycles.